The summed E-state index contributed by atoms with van der Waals surface area (Å²) in [5, 5.41) is 9.60. The molecule has 11 aromatic carbocycles. The summed E-state index contributed by atoms with van der Waals surface area (Å²) >= 11 is 0. The average Bonchev–Trinajstić information content (AvgIpc) is 3.93. The van der Waals surface area contributed by atoms with Crippen LogP contribution in [0, 0.1) is 0 Å². The first-order valence-electron chi connectivity index (χ1n) is 22.2. The quantitative estimate of drug-likeness (QED) is 0.160. The molecule has 0 atom stereocenters. The third-order valence-corrected chi connectivity index (χ3v) is 13.2. The first kappa shape index (κ1) is 36.9. The SMILES string of the molecule is c1cc(-c2ccc(N(c3ccc(-c4ccc5oc6c7ccccc7ccc6c5c4)cc3)c3ccc(-c4cccc5ccccc45)cc3)cc2)cc(-n2c3ccccc3c3ccccc32)c1. The van der Waals surface area contributed by atoms with Gasteiger partial charge in [0, 0.05) is 49.7 Å². The van der Waals surface area contributed by atoms with E-state index in [4.69, 9.17) is 4.42 Å². The van der Waals surface area contributed by atoms with Gasteiger partial charge in [-0.15, -0.1) is 0 Å². The highest BCUT2D eigenvalue weighted by molar-refractivity contribution is 6.15. The molecule has 0 amide bonds. The smallest absolute Gasteiger partial charge is 0.143 e. The van der Waals surface area contributed by atoms with Crippen LogP contribution < -0.4 is 4.90 Å². The van der Waals surface area contributed by atoms with Crippen LogP contribution in [0.25, 0.3) is 104 Å². The Kier molecular flexibility index (Phi) is 8.53. The Balaban J connectivity index is 0.878. The molecule has 0 fully saturated rings. The van der Waals surface area contributed by atoms with E-state index in [1.165, 1.54) is 54.7 Å². The molecule has 3 nitrogen and oxygen atoms in total. The zero-order valence-corrected chi connectivity index (χ0v) is 35.4. The number of hydrogen-bond donors (Lipinski definition) is 0. The number of anilines is 3. The molecule has 0 aliphatic carbocycles. The molecule has 0 aliphatic heterocycles. The molecule has 0 saturated carbocycles. The molecule has 0 aliphatic rings. The highest BCUT2D eigenvalue weighted by Gasteiger charge is 2.17. The summed E-state index contributed by atoms with van der Waals surface area (Å²) in [4.78, 5) is 2.35. The van der Waals surface area contributed by atoms with Crippen molar-refractivity contribution in [2.24, 2.45) is 0 Å². The Morgan fingerprint density at radius 2 is 0.815 bits per heavy atom. The van der Waals surface area contributed by atoms with Crippen molar-refractivity contribution >= 4 is 82.4 Å². The molecule has 2 aromatic heterocycles. The lowest BCUT2D eigenvalue weighted by Crippen LogP contribution is -2.09. The van der Waals surface area contributed by atoms with Crippen molar-refractivity contribution < 1.29 is 4.42 Å². The van der Waals surface area contributed by atoms with Crippen LogP contribution in [0.1, 0.15) is 0 Å². The number of hydrogen-bond acceptors (Lipinski definition) is 2. The van der Waals surface area contributed by atoms with Gasteiger partial charge in [-0.3, -0.25) is 0 Å². The lowest BCUT2D eigenvalue weighted by Gasteiger charge is -2.26. The maximum Gasteiger partial charge on any atom is 0.143 e. The van der Waals surface area contributed by atoms with E-state index < -0.39 is 0 Å². The van der Waals surface area contributed by atoms with Gasteiger partial charge in [-0.1, -0.05) is 164 Å². The fourth-order valence-electron chi connectivity index (χ4n) is 10.0. The van der Waals surface area contributed by atoms with Gasteiger partial charge in [0.1, 0.15) is 11.2 Å². The van der Waals surface area contributed by atoms with Crippen molar-refractivity contribution in [1.29, 1.82) is 0 Å². The molecule has 13 rings (SSSR count). The zero-order chi connectivity index (χ0) is 42.8. The van der Waals surface area contributed by atoms with Crippen LogP contribution >= 0.6 is 0 Å². The van der Waals surface area contributed by atoms with Gasteiger partial charge < -0.3 is 13.9 Å². The molecule has 0 unspecified atom stereocenters. The predicted octanol–water partition coefficient (Wildman–Crippen LogP) is 17.5. The molecule has 3 heteroatoms. The lowest BCUT2D eigenvalue weighted by molar-refractivity contribution is 0.672. The summed E-state index contributed by atoms with van der Waals surface area (Å²) in [6.07, 6.45) is 0. The number of furan rings is 1. The number of benzene rings is 11. The Labute approximate surface area is 376 Å². The second kappa shape index (κ2) is 15.0. The number of fused-ring (bicyclic) bond motifs is 9. The fourth-order valence-corrected chi connectivity index (χ4v) is 10.0. The zero-order valence-electron chi connectivity index (χ0n) is 35.4. The van der Waals surface area contributed by atoms with Crippen LogP contribution in [0.15, 0.2) is 247 Å². The van der Waals surface area contributed by atoms with E-state index in [2.05, 4.69) is 252 Å². The molecule has 304 valence electrons. The maximum absolute atomic E-state index is 6.45. The largest absolute Gasteiger partial charge is 0.455 e. The minimum absolute atomic E-state index is 0.900. The average molecular weight is 829 g/mol. The van der Waals surface area contributed by atoms with Crippen LogP contribution in [-0.2, 0) is 0 Å². The van der Waals surface area contributed by atoms with Crippen molar-refractivity contribution in [3.63, 3.8) is 0 Å². The Morgan fingerprint density at radius 3 is 1.48 bits per heavy atom. The molecular weight excluding hydrogens is 789 g/mol. The second-order valence-electron chi connectivity index (χ2n) is 16.9. The number of para-hydroxylation sites is 2. The van der Waals surface area contributed by atoms with Crippen LogP contribution in [0.5, 0.6) is 0 Å². The monoisotopic (exact) mass is 828 g/mol. The van der Waals surface area contributed by atoms with Gasteiger partial charge in [0.2, 0.25) is 0 Å². The molecule has 65 heavy (non-hydrogen) atoms. The van der Waals surface area contributed by atoms with E-state index in [0.29, 0.717) is 0 Å². The molecule has 0 saturated heterocycles. The number of nitrogens with zero attached hydrogens (tertiary/aromatic N) is 2. The Hall–Kier alpha value is -8.66. The minimum Gasteiger partial charge on any atom is -0.455 e. The summed E-state index contributed by atoms with van der Waals surface area (Å²) in [5.41, 5.74) is 15.7. The predicted molar refractivity (Wildman–Crippen MR) is 274 cm³/mol. The minimum atomic E-state index is 0.900. The molecule has 2 heterocycles. The van der Waals surface area contributed by atoms with E-state index >= 15 is 0 Å². The van der Waals surface area contributed by atoms with Crippen LogP contribution in [0.2, 0.25) is 0 Å². The van der Waals surface area contributed by atoms with Crippen molar-refractivity contribution in [2.45, 2.75) is 0 Å². The summed E-state index contributed by atoms with van der Waals surface area (Å²) < 4.78 is 8.83. The van der Waals surface area contributed by atoms with E-state index in [9.17, 15) is 0 Å². The van der Waals surface area contributed by atoms with Crippen LogP contribution in [0.3, 0.4) is 0 Å². The molecule has 13 aromatic rings. The molecule has 0 spiro atoms. The van der Waals surface area contributed by atoms with Gasteiger partial charge in [0.15, 0.2) is 0 Å². The first-order chi connectivity index (χ1) is 32.2. The Bertz CT molecular complexity index is 3870. The van der Waals surface area contributed by atoms with Gasteiger partial charge in [-0.05, 0) is 128 Å². The molecule has 0 radical (unpaired) electrons. The lowest BCUT2D eigenvalue weighted by atomic mass is 9.98. The number of rotatable bonds is 7. The normalized spacial score (nSPS) is 11.7. The van der Waals surface area contributed by atoms with Gasteiger partial charge in [-0.2, -0.15) is 0 Å². The summed E-state index contributed by atoms with van der Waals surface area (Å²) in [6, 6.07) is 87.7. The molecule has 0 bridgehead atoms. The van der Waals surface area contributed by atoms with Gasteiger partial charge in [-0.25, -0.2) is 0 Å². The summed E-state index contributed by atoms with van der Waals surface area (Å²) in [6.45, 7) is 0. The summed E-state index contributed by atoms with van der Waals surface area (Å²) in [7, 11) is 0. The topological polar surface area (TPSA) is 21.3 Å². The number of aromatic nitrogens is 1. The van der Waals surface area contributed by atoms with Crippen LogP contribution in [0.4, 0.5) is 17.1 Å². The van der Waals surface area contributed by atoms with E-state index in [0.717, 1.165) is 66.8 Å². The van der Waals surface area contributed by atoms with Crippen molar-refractivity contribution in [3.05, 3.63) is 243 Å². The van der Waals surface area contributed by atoms with E-state index in [1.54, 1.807) is 0 Å². The maximum atomic E-state index is 6.45. The molecule has 0 N–H and O–H groups in total. The van der Waals surface area contributed by atoms with Crippen molar-refractivity contribution in [3.8, 4) is 39.1 Å². The van der Waals surface area contributed by atoms with Crippen molar-refractivity contribution in [2.75, 3.05) is 4.90 Å². The third kappa shape index (κ3) is 6.20. The Morgan fingerprint density at radius 1 is 0.308 bits per heavy atom. The summed E-state index contributed by atoms with van der Waals surface area (Å²) in [5.74, 6) is 0. The van der Waals surface area contributed by atoms with Crippen LogP contribution in [-0.4, -0.2) is 4.57 Å². The van der Waals surface area contributed by atoms with Crippen molar-refractivity contribution in [1.82, 2.24) is 4.57 Å². The van der Waals surface area contributed by atoms with Gasteiger partial charge in [0.25, 0.3) is 0 Å². The highest BCUT2D eigenvalue weighted by atomic mass is 16.3. The standard InChI is InChI=1S/C62H40N2O/c1-3-16-52-43(11-1)13-10-20-53(52)45-27-35-50(36-28-45)63(49-33-25-42(26-34-49)47-30-38-61-58(40-47)57-37-29-44-12-2-4-17-54(44)62(57)65-61)48-31-23-41(24-32-48)46-14-9-15-51(39-46)64-59-21-7-5-18-55(59)56-19-6-8-22-60(56)64/h1-40H. The third-order valence-electron chi connectivity index (χ3n) is 13.2. The van der Waals surface area contributed by atoms with E-state index in [-0.39, 0.29) is 0 Å². The van der Waals surface area contributed by atoms with E-state index in [1.807, 2.05) is 0 Å². The molecular formula is C62H40N2O. The van der Waals surface area contributed by atoms with Gasteiger partial charge >= 0.3 is 0 Å². The highest BCUT2D eigenvalue weighted by Crippen LogP contribution is 2.41. The first-order valence-corrected chi connectivity index (χ1v) is 22.2. The van der Waals surface area contributed by atoms with Gasteiger partial charge in [0.05, 0.1) is 11.0 Å². The fraction of sp³-hybridized carbons (Fsp3) is 0. The second-order valence-corrected chi connectivity index (χ2v) is 16.9.